The summed E-state index contributed by atoms with van der Waals surface area (Å²) in [6, 6.07) is 5.53. The van der Waals surface area contributed by atoms with Gasteiger partial charge in [0.2, 0.25) is 5.91 Å². The highest BCUT2D eigenvalue weighted by atomic mass is 16.2. The van der Waals surface area contributed by atoms with Crippen LogP contribution in [0, 0.1) is 0 Å². The van der Waals surface area contributed by atoms with Crippen molar-refractivity contribution >= 4 is 23.7 Å². The minimum atomic E-state index is -0.664. The van der Waals surface area contributed by atoms with Gasteiger partial charge < -0.3 is 15.1 Å². The van der Waals surface area contributed by atoms with Crippen molar-refractivity contribution in [1.82, 2.24) is 20.1 Å². The van der Waals surface area contributed by atoms with Crippen LogP contribution in [0.15, 0.2) is 24.4 Å². The third-order valence-corrected chi connectivity index (χ3v) is 6.08. The van der Waals surface area contributed by atoms with Crippen molar-refractivity contribution in [3.8, 4) is 0 Å². The number of rotatable bonds is 5. The first-order chi connectivity index (χ1) is 13.6. The van der Waals surface area contributed by atoms with E-state index < -0.39 is 5.54 Å². The number of anilines is 1. The molecular formula is C20H27N5O3. The number of hydrogen-bond donors (Lipinski definition) is 1. The van der Waals surface area contributed by atoms with Crippen LogP contribution in [0.25, 0.3) is 0 Å². The highest BCUT2D eigenvalue weighted by Crippen LogP contribution is 2.35. The summed E-state index contributed by atoms with van der Waals surface area (Å²) >= 11 is 0. The number of piperazine rings is 1. The summed E-state index contributed by atoms with van der Waals surface area (Å²) in [6.07, 6.45) is 6.05. The maximum atomic E-state index is 12.6. The zero-order chi connectivity index (χ0) is 19.6. The smallest absolute Gasteiger partial charge is 0.325 e. The molecule has 4 amide bonds. The van der Waals surface area contributed by atoms with E-state index in [9.17, 15) is 14.4 Å². The van der Waals surface area contributed by atoms with Crippen LogP contribution < -0.4 is 10.2 Å². The molecule has 2 aliphatic heterocycles. The Morgan fingerprint density at radius 2 is 1.86 bits per heavy atom. The first-order valence-corrected chi connectivity index (χ1v) is 10.2. The van der Waals surface area contributed by atoms with E-state index in [1.165, 1.54) is 4.90 Å². The van der Waals surface area contributed by atoms with Crippen LogP contribution in [-0.2, 0) is 9.59 Å². The number of amides is 4. The molecule has 3 heterocycles. The third kappa shape index (κ3) is 3.55. The number of pyridine rings is 1. The topological polar surface area (TPSA) is 85.8 Å². The van der Waals surface area contributed by atoms with Gasteiger partial charge in [-0.25, -0.2) is 9.78 Å². The molecule has 3 fully saturated rings. The molecule has 1 aliphatic carbocycles. The lowest BCUT2D eigenvalue weighted by Gasteiger charge is -2.35. The summed E-state index contributed by atoms with van der Waals surface area (Å²) < 4.78 is 0. The predicted molar refractivity (Wildman–Crippen MR) is 104 cm³/mol. The maximum Gasteiger partial charge on any atom is 0.325 e. The van der Waals surface area contributed by atoms with Gasteiger partial charge in [-0.2, -0.15) is 0 Å². The Labute approximate surface area is 164 Å². The lowest BCUT2D eigenvalue weighted by Crippen LogP contribution is -2.49. The van der Waals surface area contributed by atoms with Crippen LogP contribution in [0.2, 0.25) is 0 Å². The molecule has 0 bridgehead atoms. The quantitative estimate of drug-likeness (QED) is 0.774. The van der Waals surface area contributed by atoms with E-state index in [4.69, 9.17) is 0 Å². The SMILES string of the molecule is O=C(CCCN1C(=O)NC2(CCCC2)C1=O)N1CCN(c2ccccn2)CC1. The van der Waals surface area contributed by atoms with Gasteiger partial charge in [0.25, 0.3) is 5.91 Å². The average molecular weight is 385 g/mol. The number of aromatic nitrogens is 1. The van der Waals surface area contributed by atoms with Gasteiger partial charge in [-0.15, -0.1) is 0 Å². The van der Waals surface area contributed by atoms with Crippen molar-refractivity contribution in [3.05, 3.63) is 24.4 Å². The Morgan fingerprint density at radius 1 is 1.11 bits per heavy atom. The monoisotopic (exact) mass is 385 g/mol. The Morgan fingerprint density at radius 3 is 2.54 bits per heavy atom. The second kappa shape index (κ2) is 7.77. The number of hydrogen-bond acceptors (Lipinski definition) is 5. The summed E-state index contributed by atoms with van der Waals surface area (Å²) in [5.74, 6) is 0.920. The number of nitrogens with one attached hydrogen (secondary N) is 1. The van der Waals surface area contributed by atoms with Gasteiger partial charge in [-0.1, -0.05) is 18.9 Å². The maximum absolute atomic E-state index is 12.6. The zero-order valence-electron chi connectivity index (χ0n) is 16.1. The minimum Gasteiger partial charge on any atom is -0.353 e. The van der Waals surface area contributed by atoms with E-state index in [0.717, 1.165) is 44.6 Å². The Bertz CT molecular complexity index is 739. The molecule has 28 heavy (non-hydrogen) atoms. The van der Waals surface area contributed by atoms with Crippen molar-refractivity contribution in [2.24, 2.45) is 0 Å². The van der Waals surface area contributed by atoms with Gasteiger partial charge in [0.1, 0.15) is 11.4 Å². The number of urea groups is 1. The molecule has 8 heteroatoms. The number of imide groups is 1. The number of carbonyl (C=O) groups excluding carboxylic acids is 3. The number of carbonyl (C=O) groups is 3. The van der Waals surface area contributed by atoms with Gasteiger partial charge in [0.15, 0.2) is 0 Å². The summed E-state index contributed by atoms with van der Waals surface area (Å²) in [6.45, 7) is 3.17. The molecule has 0 aromatic carbocycles. The molecule has 1 aromatic rings. The molecule has 1 aromatic heterocycles. The fourth-order valence-electron chi connectivity index (χ4n) is 4.47. The second-order valence-electron chi connectivity index (χ2n) is 7.84. The van der Waals surface area contributed by atoms with Crippen molar-refractivity contribution in [2.45, 2.75) is 44.1 Å². The second-order valence-corrected chi connectivity index (χ2v) is 7.84. The molecular weight excluding hydrogens is 358 g/mol. The van der Waals surface area contributed by atoms with Crippen molar-refractivity contribution in [3.63, 3.8) is 0 Å². The van der Waals surface area contributed by atoms with E-state index in [1.807, 2.05) is 23.1 Å². The van der Waals surface area contributed by atoms with Crippen LogP contribution in [0.1, 0.15) is 38.5 Å². The zero-order valence-corrected chi connectivity index (χ0v) is 16.1. The molecule has 150 valence electrons. The fourth-order valence-corrected chi connectivity index (χ4v) is 4.47. The van der Waals surface area contributed by atoms with Crippen molar-refractivity contribution in [2.75, 3.05) is 37.6 Å². The molecule has 1 N–H and O–H groups in total. The lowest BCUT2D eigenvalue weighted by molar-refractivity contribution is -0.133. The van der Waals surface area contributed by atoms with Crippen molar-refractivity contribution in [1.29, 1.82) is 0 Å². The average Bonchev–Trinajstić information content (AvgIpc) is 3.29. The normalized spacial score (nSPS) is 21.5. The summed E-state index contributed by atoms with van der Waals surface area (Å²) in [7, 11) is 0. The van der Waals surface area contributed by atoms with Gasteiger partial charge in [-0.3, -0.25) is 14.5 Å². The molecule has 1 spiro atoms. The molecule has 2 saturated heterocycles. The van der Waals surface area contributed by atoms with Gasteiger partial charge >= 0.3 is 6.03 Å². The van der Waals surface area contributed by atoms with Gasteiger partial charge in [0.05, 0.1) is 0 Å². The molecule has 0 atom stereocenters. The molecule has 8 nitrogen and oxygen atoms in total. The predicted octanol–water partition coefficient (Wildman–Crippen LogP) is 1.37. The van der Waals surface area contributed by atoms with E-state index in [2.05, 4.69) is 15.2 Å². The Balaban J connectivity index is 1.22. The van der Waals surface area contributed by atoms with Crippen LogP contribution in [-0.4, -0.2) is 70.9 Å². The lowest BCUT2D eigenvalue weighted by atomic mass is 9.98. The highest BCUT2D eigenvalue weighted by Gasteiger charge is 2.52. The van der Waals surface area contributed by atoms with Crippen LogP contribution >= 0.6 is 0 Å². The summed E-state index contributed by atoms with van der Waals surface area (Å²) in [5, 5.41) is 2.88. The Hall–Kier alpha value is -2.64. The van der Waals surface area contributed by atoms with Gasteiger partial charge in [-0.05, 0) is 31.4 Å². The first-order valence-electron chi connectivity index (χ1n) is 10.2. The molecule has 0 radical (unpaired) electrons. The van der Waals surface area contributed by atoms with Gasteiger partial charge in [0, 0.05) is 45.3 Å². The van der Waals surface area contributed by atoms with E-state index >= 15 is 0 Å². The largest absolute Gasteiger partial charge is 0.353 e. The summed E-state index contributed by atoms with van der Waals surface area (Å²) in [4.78, 5) is 47.0. The standard InChI is InChI=1S/C20H27N5O3/c26-17(24-14-12-23(13-15-24)16-6-1-4-10-21-16)7-5-11-25-18(27)20(22-19(25)28)8-2-3-9-20/h1,4,6,10H,2-3,5,7-9,11-15H2,(H,22,28). The molecule has 0 unspecified atom stereocenters. The van der Waals surface area contributed by atoms with Crippen LogP contribution in [0.4, 0.5) is 10.6 Å². The molecule has 3 aliphatic rings. The first kappa shape index (κ1) is 18.7. The highest BCUT2D eigenvalue weighted by molar-refractivity contribution is 6.07. The van der Waals surface area contributed by atoms with E-state index in [-0.39, 0.29) is 17.8 Å². The molecule has 1 saturated carbocycles. The summed E-state index contributed by atoms with van der Waals surface area (Å²) in [5.41, 5.74) is -0.664. The fraction of sp³-hybridized carbons (Fsp3) is 0.600. The Kier molecular flexibility index (Phi) is 5.19. The van der Waals surface area contributed by atoms with Crippen molar-refractivity contribution < 1.29 is 14.4 Å². The molecule has 4 rings (SSSR count). The minimum absolute atomic E-state index is 0.0864. The van der Waals surface area contributed by atoms with Crippen LogP contribution in [0.5, 0.6) is 0 Å². The van der Waals surface area contributed by atoms with E-state index in [0.29, 0.717) is 32.5 Å². The third-order valence-electron chi connectivity index (χ3n) is 6.08. The van der Waals surface area contributed by atoms with E-state index in [1.54, 1.807) is 6.20 Å². The van der Waals surface area contributed by atoms with Crippen LogP contribution in [0.3, 0.4) is 0 Å². The number of nitrogens with zero attached hydrogens (tertiary/aromatic N) is 4.